The Kier molecular flexibility index (Phi) is 4.44. The molecule has 9 heteroatoms. The van der Waals surface area contributed by atoms with E-state index in [9.17, 15) is 9.18 Å². The quantitative estimate of drug-likeness (QED) is 0.772. The van der Waals surface area contributed by atoms with Crippen LogP contribution in [0.3, 0.4) is 0 Å². The highest BCUT2D eigenvalue weighted by molar-refractivity contribution is 5.69. The number of carbonyl (C=O) groups is 1. The molecular formula is C17H16FN5O3. The largest absolute Gasteiger partial charge is 0.445 e. The molecule has 1 aliphatic rings. The molecule has 1 aliphatic heterocycles. The Balaban J connectivity index is 1.40. The van der Waals surface area contributed by atoms with Crippen molar-refractivity contribution in [3.8, 4) is 0 Å². The molecule has 3 heterocycles. The fourth-order valence-corrected chi connectivity index (χ4v) is 2.78. The molecule has 8 nitrogen and oxygen atoms in total. The van der Waals surface area contributed by atoms with Crippen molar-refractivity contribution in [2.75, 3.05) is 19.7 Å². The highest BCUT2D eigenvalue weighted by Gasteiger charge is 2.28. The minimum absolute atomic E-state index is 0.0127. The minimum Gasteiger partial charge on any atom is -0.445 e. The third-order valence-electron chi connectivity index (χ3n) is 4.06. The maximum Gasteiger partial charge on any atom is 0.410 e. The van der Waals surface area contributed by atoms with Gasteiger partial charge in [-0.3, -0.25) is 0 Å². The van der Waals surface area contributed by atoms with Crippen LogP contribution in [0.2, 0.25) is 0 Å². The highest BCUT2D eigenvalue weighted by atomic mass is 19.1. The molecule has 4 rings (SSSR count). The number of halogens is 1. The number of carbonyl (C=O) groups excluding carboxylic acids is 1. The summed E-state index contributed by atoms with van der Waals surface area (Å²) in [5.41, 5.74) is 1.85. The second-order valence-electron chi connectivity index (χ2n) is 5.87. The van der Waals surface area contributed by atoms with Crippen LogP contribution in [0.1, 0.15) is 17.5 Å². The van der Waals surface area contributed by atoms with E-state index in [4.69, 9.17) is 9.47 Å². The van der Waals surface area contributed by atoms with Crippen molar-refractivity contribution in [2.24, 2.45) is 0 Å². The molecule has 0 saturated carbocycles. The number of nitrogens with one attached hydrogen (secondary N) is 1. The number of hydrogen-bond donors (Lipinski definition) is 1. The number of benzene rings is 1. The van der Waals surface area contributed by atoms with Crippen molar-refractivity contribution in [3.05, 3.63) is 54.0 Å². The number of amides is 1. The molecular weight excluding hydrogens is 341 g/mol. The van der Waals surface area contributed by atoms with Gasteiger partial charge in [0, 0.05) is 6.54 Å². The maximum atomic E-state index is 13.2. The van der Waals surface area contributed by atoms with E-state index in [0.717, 1.165) is 0 Å². The monoisotopic (exact) mass is 357 g/mol. The lowest BCUT2D eigenvalue weighted by atomic mass is 10.2. The van der Waals surface area contributed by atoms with Crippen LogP contribution >= 0.6 is 0 Å². The van der Waals surface area contributed by atoms with E-state index in [-0.39, 0.29) is 12.4 Å². The number of imidazole rings is 1. The summed E-state index contributed by atoms with van der Waals surface area (Å²) < 4.78 is 24.2. The van der Waals surface area contributed by atoms with Crippen LogP contribution in [-0.2, 0) is 16.1 Å². The van der Waals surface area contributed by atoms with Crippen molar-refractivity contribution < 1.29 is 18.7 Å². The predicted octanol–water partition coefficient (Wildman–Crippen LogP) is 2.20. The molecule has 1 amide bonds. The topological polar surface area (TPSA) is 93.2 Å². The third kappa shape index (κ3) is 3.47. The molecule has 0 bridgehead atoms. The first-order valence-corrected chi connectivity index (χ1v) is 8.12. The molecule has 1 unspecified atom stereocenters. The summed E-state index contributed by atoms with van der Waals surface area (Å²) in [6, 6.07) is 5.96. The van der Waals surface area contributed by atoms with Crippen molar-refractivity contribution in [1.82, 2.24) is 24.8 Å². The van der Waals surface area contributed by atoms with Gasteiger partial charge in [0.1, 0.15) is 36.2 Å². The average molecular weight is 357 g/mol. The Labute approximate surface area is 148 Å². The van der Waals surface area contributed by atoms with E-state index < -0.39 is 12.2 Å². The molecule has 1 N–H and O–H groups in total. The minimum atomic E-state index is -0.474. The molecule has 1 aromatic carbocycles. The molecule has 1 saturated heterocycles. The number of aromatic amines is 1. The van der Waals surface area contributed by atoms with Crippen LogP contribution in [0, 0.1) is 5.82 Å². The second kappa shape index (κ2) is 7.04. The zero-order chi connectivity index (χ0) is 17.9. The Morgan fingerprint density at radius 2 is 2.38 bits per heavy atom. The van der Waals surface area contributed by atoms with Gasteiger partial charge >= 0.3 is 6.09 Å². The van der Waals surface area contributed by atoms with E-state index in [1.165, 1.54) is 18.5 Å². The van der Waals surface area contributed by atoms with Crippen molar-refractivity contribution in [1.29, 1.82) is 0 Å². The molecule has 0 spiro atoms. The summed E-state index contributed by atoms with van der Waals surface area (Å²) in [6.07, 6.45) is 2.18. The zero-order valence-electron chi connectivity index (χ0n) is 13.8. The smallest absolute Gasteiger partial charge is 0.410 e. The van der Waals surface area contributed by atoms with Gasteiger partial charge in [-0.05, 0) is 17.7 Å². The number of morpholine rings is 1. The van der Waals surface area contributed by atoms with Crippen LogP contribution in [0.15, 0.2) is 36.8 Å². The third-order valence-corrected chi connectivity index (χ3v) is 4.06. The number of fused-ring (bicyclic) bond motifs is 1. The van der Waals surface area contributed by atoms with Gasteiger partial charge in [0.15, 0.2) is 5.65 Å². The van der Waals surface area contributed by atoms with Crippen molar-refractivity contribution in [3.63, 3.8) is 0 Å². The van der Waals surface area contributed by atoms with Crippen molar-refractivity contribution in [2.45, 2.75) is 12.7 Å². The lowest BCUT2D eigenvalue weighted by Crippen LogP contribution is -2.42. The normalized spacial score (nSPS) is 17.4. The summed E-state index contributed by atoms with van der Waals surface area (Å²) in [5.74, 6) is 0.223. The molecule has 2 aromatic heterocycles. The number of hydrogen-bond acceptors (Lipinski definition) is 6. The first-order chi connectivity index (χ1) is 12.7. The van der Waals surface area contributed by atoms with Crippen LogP contribution in [0.4, 0.5) is 9.18 Å². The number of nitrogens with zero attached hydrogens (tertiary/aromatic N) is 4. The first kappa shape index (κ1) is 16.4. The van der Waals surface area contributed by atoms with Crippen LogP contribution in [0.5, 0.6) is 0 Å². The van der Waals surface area contributed by atoms with Gasteiger partial charge in [0.25, 0.3) is 0 Å². The fraction of sp³-hybridized carbons (Fsp3) is 0.294. The maximum absolute atomic E-state index is 13.2. The van der Waals surface area contributed by atoms with Crippen molar-refractivity contribution >= 4 is 17.3 Å². The van der Waals surface area contributed by atoms with Gasteiger partial charge in [0.05, 0.1) is 19.3 Å². The van der Waals surface area contributed by atoms with Crippen LogP contribution in [-0.4, -0.2) is 50.6 Å². The van der Waals surface area contributed by atoms with Gasteiger partial charge in [-0.15, -0.1) is 0 Å². The molecule has 0 aliphatic carbocycles. The molecule has 3 aromatic rings. The Morgan fingerprint density at radius 1 is 1.46 bits per heavy atom. The molecule has 1 fully saturated rings. The Bertz CT molecular complexity index is 898. The van der Waals surface area contributed by atoms with Gasteiger partial charge in [-0.2, -0.15) is 0 Å². The van der Waals surface area contributed by atoms with Gasteiger partial charge in [0.2, 0.25) is 0 Å². The number of aromatic nitrogens is 4. The fourth-order valence-electron chi connectivity index (χ4n) is 2.78. The number of H-pyrrole nitrogens is 1. The lowest BCUT2D eigenvalue weighted by Gasteiger charge is -2.31. The van der Waals surface area contributed by atoms with E-state index in [1.807, 2.05) is 0 Å². The highest BCUT2D eigenvalue weighted by Crippen LogP contribution is 2.22. The number of rotatable bonds is 3. The SMILES string of the molecule is O=C(OCc1cccc(F)c1)N1CCOC(c2nc3ncncc3[nH]2)C1. The average Bonchev–Trinajstić information content (AvgIpc) is 3.10. The molecule has 1 atom stereocenters. The number of ether oxygens (including phenoxy) is 2. The summed E-state index contributed by atoms with van der Waals surface area (Å²) in [5, 5.41) is 0. The lowest BCUT2D eigenvalue weighted by molar-refractivity contribution is -0.0330. The first-order valence-electron chi connectivity index (χ1n) is 8.12. The van der Waals surface area contributed by atoms with E-state index in [2.05, 4.69) is 19.9 Å². The van der Waals surface area contributed by atoms with Gasteiger partial charge in [-0.25, -0.2) is 24.1 Å². The summed E-state index contributed by atoms with van der Waals surface area (Å²) in [6.45, 7) is 1.09. The van der Waals surface area contributed by atoms with E-state index in [0.29, 0.717) is 42.2 Å². The van der Waals surface area contributed by atoms with E-state index >= 15 is 0 Å². The van der Waals surface area contributed by atoms with Crippen LogP contribution < -0.4 is 0 Å². The predicted molar refractivity (Wildman–Crippen MR) is 88.5 cm³/mol. The summed E-state index contributed by atoms with van der Waals surface area (Å²) in [4.78, 5) is 29.4. The Hall–Kier alpha value is -3.07. The van der Waals surface area contributed by atoms with E-state index in [1.54, 1.807) is 23.2 Å². The van der Waals surface area contributed by atoms with Gasteiger partial charge in [-0.1, -0.05) is 12.1 Å². The second-order valence-corrected chi connectivity index (χ2v) is 5.87. The van der Waals surface area contributed by atoms with Gasteiger partial charge < -0.3 is 19.4 Å². The Morgan fingerprint density at radius 3 is 3.23 bits per heavy atom. The molecule has 26 heavy (non-hydrogen) atoms. The van der Waals surface area contributed by atoms with Crippen LogP contribution in [0.25, 0.3) is 11.2 Å². The summed E-state index contributed by atoms with van der Waals surface area (Å²) >= 11 is 0. The molecule has 134 valence electrons. The molecule has 0 radical (unpaired) electrons. The summed E-state index contributed by atoms with van der Waals surface area (Å²) in [7, 11) is 0. The zero-order valence-corrected chi connectivity index (χ0v) is 13.8. The standard InChI is InChI=1S/C17H16FN5O3/c18-12-3-1-2-11(6-12)9-26-17(24)23-4-5-25-14(8-23)16-21-13-7-19-10-20-15(13)22-16/h1-3,6-7,10,14H,4-5,8-9H2,(H,19,20,21,22).